The van der Waals surface area contributed by atoms with E-state index in [2.05, 4.69) is 5.32 Å². The first-order valence-electron chi connectivity index (χ1n) is 7.80. The van der Waals surface area contributed by atoms with Crippen molar-refractivity contribution in [1.29, 1.82) is 0 Å². The van der Waals surface area contributed by atoms with Gasteiger partial charge in [-0.25, -0.2) is 8.42 Å². The molecule has 1 atom stereocenters. The Labute approximate surface area is 142 Å². The van der Waals surface area contributed by atoms with Gasteiger partial charge in [-0.3, -0.25) is 9.59 Å². The molecule has 0 saturated heterocycles. The summed E-state index contributed by atoms with van der Waals surface area (Å²) in [6.45, 7) is 2.13. The molecule has 0 radical (unpaired) electrons. The lowest BCUT2D eigenvalue weighted by molar-refractivity contribution is -0.152. The zero-order valence-electron chi connectivity index (χ0n) is 13.8. The lowest BCUT2D eigenvalue weighted by Crippen LogP contribution is -2.49. The fourth-order valence-electron chi connectivity index (χ4n) is 2.60. The third-order valence-corrected chi connectivity index (χ3v) is 5.06. The smallest absolute Gasteiger partial charge is 0.325 e. The topological polar surface area (TPSA) is 92.8 Å². The van der Waals surface area contributed by atoms with Gasteiger partial charge in [-0.1, -0.05) is 31.2 Å². The molecule has 1 aromatic rings. The number of hydrogen-bond acceptors (Lipinski definition) is 5. The minimum atomic E-state index is -3.58. The number of carbonyl (C=O) groups excluding carboxylic acids is 2. The summed E-state index contributed by atoms with van der Waals surface area (Å²) in [5, 5.41) is 2.60. The summed E-state index contributed by atoms with van der Waals surface area (Å²) in [7, 11) is -3.58. The zero-order chi connectivity index (χ0) is 17.7. The summed E-state index contributed by atoms with van der Waals surface area (Å²) in [5.74, 6) is -1.10. The van der Waals surface area contributed by atoms with Crippen LogP contribution in [-0.4, -0.2) is 50.0 Å². The number of sulfonamides is 1. The van der Waals surface area contributed by atoms with E-state index < -0.39 is 34.5 Å². The molecular weight excluding hydrogens is 332 g/mol. The molecule has 24 heavy (non-hydrogen) atoms. The van der Waals surface area contributed by atoms with Gasteiger partial charge in [0.15, 0.2) is 6.61 Å². The summed E-state index contributed by atoms with van der Waals surface area (Å²) in [6.07, 6.45) is 2.08. The third kappa shape index (κ3) is 4.55. The third-order valence-electron chi connectivity index (χ3n) is 3.82. The van der Waals surface area contributed by atoms with E-state index in [1.165, 1.54) is 0 Å². The van der Waals surface area contributed by atoms with Gasteiger partial charge in [-0.2, -0.15) is 4.31 Å². The Hall–Kier alpha value is -1.93. The van der Waals surface area contributed by atoms with Crippen molar-refractivity contribution in [2.45, 2.75) is 32.4 Å². The van der Waals surface area contributed by atoms with Gasteiger partial charge in [0.2, 0.25) is 10.0 Å². The maximum atomic E-state index is 12.3. The van der Waals surface area contributed by atoms with Crippen molar-refractivity contribution in [3.63, 3.8) is 0 Å². The van der Waals surface area contributed by atoms with Crippen LogP contribution in [0.2, 0.25) is 0 Å². The van der Waals surface area contributed by atoms with Gasteiger partial charge in [0, 0.05) is 19.5 Å². The predicted octanol–water partition coefficient (Wildman–Crippen LogP) is 0.442. The van der Waals surface area contributed by atoms with Crippen LogP contribution < -0.4 is 5.32 Å². The number of hydrogen-bond donors (Lipinski definition) is 1. The minimum absolute atomic E-state index is 0.122. The van der Waals surface area contributed by atoms with Crippen LogP contribution in [0.4, 0.5) is 0 Å². The quantitative estimate of drug-likeness (QED) is 0.749. The highest BCUT2D eigenvalue weighted by Gasteiger charge is 2.37. The minimum Gasteiger partial charge on any atom is -0.454 e. The summed E-state index contributed by atoms with van der Waals surface area (Å²) in [6, 6.07) is 6.43. The largest absolute Gasteiger partial charge is 0.454 e. The maximum absolute atomic E-state index is 12.3. The lowest BCUT2D eigenvalue weighted by atomic mass is 9.96. The molecule has 1 heterocycles. The number of benzene rings is 1. The highest BCUT2D eigenvalue weighted by atomic mass is 32.2. The van der Waals surface area contributed by atoms with E-state index in [-0.39, 0.29) is 13.0 Å². The van der Waals surface area contributed by atoms with Crippen molar-refractivity contribution < 1.29 is 22.7 Å². The van der Waals surface area contributed by atoms with E-state index in [0.717, 1.165) is 28.1 Å². The van der Waals surface area contributed by atoms with Gasteiger partial charge in [-0.15, -0.1) is 0 Å². The van der Waals surface area contributed by atoms with Crippen LogP contribution in [0.3, 0.4) is 0 Å². The molecular formula is C16H22N2O5S. The Bertz CT molecular complexity index is 717. The molecule has 7 nitrogen and oxygen atoms in total. The number of ether oxygens (including phenoxy) is 1. The van der Waals surface area contributed by atoms with Crippen LogP contribution in [-0.2, 0) is 37.3 Å². The molecule has 1 aliphatic heterocycles. The molecule has 1 aliphatic rings. The Morgan fingerprint density at radius 1 is 1.29 bits per heavy atom. The number of carbonyl (C=O) groups is 2. The van der Waals surface area contributed by atoms with Crippen molar-refractivity contribution in [3.05, 3.63) is 35.4 Å². The SMILES string of the molecule is CCCNC(=O)COC(=O)[C@@H]1Cc2ccccc2CN1S(C)(=O)=O. The zero-order valence-corrected chi connectivity index (χ0v) is 14.6. The van der Waals surface area contributed by atoms with Crippen LogP contribution in [0, 0.1) is 0 Å². The van der Waals surface area contributed by atoms with Crippen molar-refractivity contribution in [2.75, 3.05) is 19.4 Å². The van der Waals surface area contributed by atoms with Crippen molar-refractivity contribution in [3.8, 4) is 0 Å². The van der Waals surface area contributed by atoms with Crippen molar-refractivity contribution in [2.24, 2.45) is 0 Å². The summed E-state index contributed by atoms with van der Waals surface area (Å²) >= 11 is 0. The second-order valence-corrected chi connectivity index (χ2v) is 7.69. The first kappa shape index (κ1) is 18.4. The molecule has 0 aliphatic carbocycles. The normalized spacial score (nSPS) is 17.8. The average molecular weight is 354 g/mol. The lowest BCUT2D eigenvalue weighted by Gasteiger charge is -2.33. The first-order valence-corrected chi connectivity index (χ1v) is 9.64. The fraction of sp³-hybridized carbons (Fsp3) is 0.500. The van der Waals surface area contributed by atoms with Crippen molar-refractivity contribution >= 4 is 21.9 Å². The molecule has 8 heteroatoms. The molecule has 1 aromatic carbocycles. The second-order valence-electron chi connectivity index (χ2n) is 5.75. The van der Waals surface area contributed by atoms with Crippen LogP contribution in [0.15, 0.2) is 24.3 Å². The highest BCUT2D eigenvalue weighted by molar-refractivity contribution is 7.88. The monoisotopic (exact) mass is 354 g/mol. The molecule has 1 N–H and O–H groups in total. The van der Waals surface area contributed by atoms with E-state index in [4.69, 9.17) is 4.74 Å². The standard InChI is InChI=1S/C16H22N2O5S/c1-3-8-17-15(19)11-23-16(20)14-9-12-6-4-5-7-13(12)10-18(14)24(2,21)22/h4-7,14H,3,8-11H2,1-2H3,(H,17,19)/t14-/m0/s1. The summed E-state index contributed by atoms with van der Waals surface area (Å²) < 4.78 is 30.2. The van der Waals surface area contributed by atoms with Gasteiger partial charge in [-0.05, 0) is 17.5 Å². The van der Waals surface area contributed by atoms with Gasteiger partial charge in [0.1, 0.15) is 6.04 Å². The maximum Gasteiger partial charge on any atom is 0.325 e. The Morgan fingerprint density at radius 2 is 1.96 bits per heavy atom. The molecule has 0 spiro atoms. The van der Waals surface area contributed by atoms with Crippen LogP contribution >= 0.6 is 0 Å². The fourth-order valence-corrected chi connectivity index (χ4v) is 3.59. The Morgan fingerprint density at radius 3 is 2.58 bits per heavy atom. The number of fused-ring (bicyclic) bond motifs is 1. The van der Waals surface area contributed by atoms with E-state index in [1.54, 1.807) is 0 Å². The van der Waals surface area contributed by atoms with Gasteiger partial charge >= 0.3 is 5.97 Å². The van der Waals surface area contributed by atoms with Crippen LogP contribution in [0.1, 0.15) is 24.5 Å². The first-order chi connectivity index (χ1) is 11.3. The molecule has 0 saturated carbocycles. The molecule has 0 unspecified atom stereocenters. The van der Waals surface area contributed by atoms with Crippen LogP contribution in [0.25, 0.3) is 0 Å². The Kier molecular flexibility index (Phi) is 5.95. The molecule has 2 rings (SSSR count). The van der Waals surface area contributed by atoms with Crippen molar-refractivity contribution in [1.82, 2.24) is 9.62 Å². The number of nitrogens with zero attached hydrogens (tertiary/aromatic N) is 1. The van der Waals surface area contributed by atoms with Gasteiger partial charge in [0.25, 0.3) is 5.91 Å². The molecule has 0 fully saturated rings. The molecule has 1 amide bonds. The van der Waals surface area contributed by atoms with E-state index >= 15 is 0 Å². The van der Waals surface area contributed by atoms with Crippen LogP contribution in [0.5, 0.6) is 0 Å². The predicted molar refractivity (Wildman–Crippen MR) is 88.6 cm³/mol. The number of amides is 1. The second kappa shape index (κ2) is 7.76. The molecule has 0 bridgehead atoms. The summed E-state index contributed by atoms with van der Waals surface area (Å²) in [4.78, 5) is 23.9. The number of esters is 1. The van der Waals surface area contributed by atoms with E-state index in [0.29, 0.717) is 6.54 Å². The highest BCUT2D eigenvalue weighted by Crippen LogP contribution is 2.26. The van der Waals surface area contributed by atoms with E-state index in [9.17, 15) is 18.0 Å². The Balaban J connectivity index is 2.11. The van der Waals surface area contributed by atoms with Gasteiger partial charge in [0.05, 0.1) is 6.26 Å². The summed E-state index contributed by atoms with van der Waals surface area (Å²) in [5.41, 5.74) is 1.78. The molecule has 132 valence electrons. The van der Waals surface area contributed by atoms with E-state index in [1.807, 2.05) is 31.2 Å². The average Bonchev–Trinajstić information content (AvgIpc) is 2.55. The number of rotatable bonds is 6. The molecule has 0 aromatic heterocycles. The number of nitrogens with one attached hydrogen (secondary N) is 1. The van der Waals surface area contributed by atoms with Gasteiger partial charge < -0.3 is 10.1 Å².